The summed E-state index contributed by atoms with van der Waals surface area (Å²) in [5.41, 5.74) is 4.18. The van der Waals surface area contributed by atoms with Gasteiger partial charge in [0.25, 0.3) is 0 Å². The normalized spacial score (nSPS) is 18.4. The largest absolute Gasteiger partial charge is 0.308 e. The van der Waals surface area contributed by atoms with Gasteiger partial charge in [-0.15, -0.1) is 11.8 Å². The van der Waals surface area contributed by atoms with E-state index in [1.807, 2.05) is 36.7 Å². The van der Waals surface area contributed by atoms with Gasteiger partial charge in [0.15, 0.2) is 5.65 Å². The number of pyridine rings is 1. The Kier molecular flexibility index (Phi) is 5.98. The summed E-state index contributed by atoms with van der Waals surface area (Å²) in [6.07, 6.45) is 7.77. The molecule has 0 spiro atoms. The molecule has 1 unspecified atom stereocenters. The predicted octanol–water partition coefficient (Wildman–Crippen LogP) is 5.55. The summed E-state index contributed by atoms with van der Waals surface area (Å²) in [5.74, 6) is 1.06. The Labute approximate surface area is 194 Å². The highest BCUT2D eigenvalue weighted by Gasteiger charge is 2.39. The maximum atomic E-state index is 9.94. The van der Waals surface area contributed by atoms with Gasteiger partial charge in [-0.05, 0) is 71.0 Å². The molecule has 4 rings (SSSR count). The van der Waals surface area contributed by atoms with E-state index < -0.39 is 5.54 Å². The molecule has 2 aromatic heterocycles. The zero-order chi connectivity index (χ0) is 21.3. The third-order valence-corrected chi connectivity index (χ3v) is 7.06. The summed E-state index contributed by atoms with van der Waals surface area (Å²) in [6.45, 7) is 4.95. The molecule has 1 atom stereocenters. The van der Waals surface area contributed by atoms with Crippen LogP contribution in [0.3, 0.4) is 0 Å². The number of rotatable bonds is 5. The molecule has 0 radical (unpaired) electrons. The van der Waals surface area contributed by atoms with Gasteiger partial charge in [-0.1, -0.05) is 31.2 Å². The average Bonchev–Trinajstić information content (AvgIpc) is 3.28. The van der Waals surface area contributed by atoms with Crippen LogP contribution in [0.1, 0.15) is 35.9 Å². The molecular weight excluding hydrogens is 505 g/mol. The molecule has 0 saturated heterocycles. The first kappa shape index (κ1) is 21.1. The summed E-state index contributed by atoms with van der Waals surface area (Å²) in [6, 6.07) is 12.6. The van der Waals surface area contributed by atoms with Crippen LogP contribution in [0.5, 0.6) is 0 Å². The van der Waals surface area contributed by atoms with Crippen LogP contribution in [0.25, 0.3) is 11.2 Å². The first-order chi connectivity index (χ1) is 14.5. The maximum absolute atomic E-state index is 9.94. The number of thioether (sulfide) groups is 1. The molecule has 0 aliphatic carbocycles. The summed E-state index contributed by atoms with van der Waals surface area (Å²) in [7, 11) is 0. The van der Waals surface area contributed by atoms with Crippen LogP contribution in [-0.4, -0.2) is 25.8 Å². The zero-order valence-electron chi connectivity index (χ0n) is 17.2. The van der Waals surface area contributed by atoms with Crippen LogP contribution in [0, 0.1) is 18.3 Å². The fraction of sp³-hybridized carbons (Fsp3) is 0.304. The molecule has 3 aromatic rings. The first-order valence-corrected chi connectivity index (χ1v) is 12.2. The number of aromatic nitrogens is 3. The van der Waals surface area contributed by atoms with E-state index in [4.69, 9.17) is 9.98 Å². The number of hydrogen-bond acceptors (Lipinski definition) is 5. The molecule has 0 bridgehead atoms. The van der Waals surface area contributed by atoms with Crippen molar-refractivity contribution >= 4 is 50.6 Å². The molecule has 0 fully saturated rings. The number of hydrogen-bond donors (Lipinski definition) is 0. The van der Waals surface area contributed by atoms with Crippen molar-refractivity contribution in [2.75, 3.05) is 6.26 Å². The summed E-state index contributed by atoms with van der Waals surface area (Å²) in [4.78, 5) is 14.2. The fourth-order valence-electron chi connectivity index (χ4n) is 3.71. The van der Waals surface area contributed by atoms with Crippen LogP contribution in [0.4, 0.5) is 0 Å². The average molecular weight is 527 g/mol. The van der Waals surface area contributed by atoms with Crippen LogP contribution in [-0.2, 0) is 18.5 Å². The molecule has 0 amide bonds. The lowest BCUT2D eigenvalue weighted by Gasteiger charge is -2.19. The van der Waals surface area contributed by atoms with E-state index in [-0.39, 0.29) is 0 Å². The number of aryl methyl sites for hydroxylation is 2. The van der Waals surface area contributed by atoms with Gasteiger partial charge in [0.2, 0.25) is 5.54 Å². The van der Waals surface area contributed by atoms with Gasteiger partial charge in [0.1, 0.15) is 17.4 Å². The highest BCUT2D eigenvalue weighted by molar-refractivity contribution is 14.1. The molecule has 3 heterocycles. The number of aliphatic imine (C=N–C) groups is 1. The standard InChI is InChI=1S/C23H22IN5S/c1-4-5-19-27-21-15(2)10-11-26-22(21)29(19)13-16-6-8-17(9-7-16)23(14-25)18(24)12-20(28-23)30-3/h6-12H,4-5,13H2,1-3H3. The van der Waals surface area contributed by atoms with Crippen molar-refractivity contribution in [1.82, 2.24) is 14.5 Å². The van der Waals surface area contributed by atoms with E-state index in [0.29, 0.717) is 6.54 Å². The van der Waals surface area contributed by atoms with E-state index >= 15 is 0 Å². The molecule has 1 aromatic carbocycles. The molecule has 7 heteroatoms. The van der Waals surface area contributed by atoms with Gasteiger partial charge < -0.3 is 4.57 Å². The zero-order valence-corrected chi connectivity index (χ0v) is 20.2. The van der Waals surface area contributed by atoms with Gasteiger partial charge in [-0.3, -0.25) is 0 Å². The summed E-state index contributed by atoms with van der Waals surface area (Å²) >= 11 is 3.79. The highest BCUT2D eigenvalue weighted by Crippen LogP contribution is 2.42. The number of fused-ring (bicyclic) bond motifs is 1. The number of halogens is 1. The number of nitrogens with zero attached hydrogens (tertiary/aromatic N) is 5. The second-order valence-corrected chi connectivity index (χ2v) is 9.32. The van der Waals surface area contributed by atoms with Gasteiger partial charge >= 0.3 is 0 Å². The van der Waals surface area contributed by atoms with Crippen molar-refractivity contribution in [3.05, 3.63) is 68.7 Å². The summed E-state index contributed by atoms with van der Waals surface area (Å²) < 4.78 is 3.15. The van der Waals surface area contributed by atoms with E-state index in [9.17, 15) is 5.26 Å². The van der Waals surface area contributed by atoms with Crippen LogP contribution in [0.2, 0.25) is 0 Å². The van der Waals surface area contributed by atoms with Crippen molar-refractivity contribution in [3.8, 4) is 6.07 Å². The first-order valence-electron chi connectivity index (χ1n) is 9.85. The molecular formula is C23H22IN5S. The molecule has 5 nitrogen and oxygen atoms in total. The van der Waals surface area contributed by atoms with Crippen molar-refractivity contribution < 1.29 is 0 Å². The van der Waals surface area contributed by atoms with E-state index in [1.54, 1.807) is 11.8 Å². The van der Waals surface area contributed by atoms with Crippen molar-refractivity contribution in [2.24, 2.45) is 4.99 Å². The summed E-state index contributed by atoms with van der Waals surface area (Å²) in [5, 5.41) is 10.8. The Morgan fingerprint density at radius 1 is 1.23 bits per heavy atom. The predicted molar refractivity (Wildman–Crippen MR) is 132 cm³/mol. The van der Waals surface area contributed by atoms with E-state index in [0.717, 1.165) is 55.1 Å². The molecule has 0 saturated carbocycles. The third-order valence-electron chi connectivity index (χ3n) is 5.35. The minimum atomic E-state index is -0.925. The van der Waals surface area contributed by atoms with E-state index in [1.165, 1.54) is 0 Å². The quantitative estimate of drug-likeness (QED) is 0.408. The Hall–Kier alpha value is -2.18. The monoisotopic (exact) mass is 527 g/mol. The lowest BCUT2D eigenvalue weighted by molar-refractivity contribution is 0.713. The van der Waals surface area contributed by atoms with Crippen molar-refractivity contribution in [2.45, 2.75) is 38.8 Å². The van der Waals surface area contributed by atoms with Gasteiger partial charge in [0, 0.05) is 16.2 Å². The smallest absolute Gasteiger partial charge is 0.203 e. The lowest BCUT2D eigenvalue weighted by atomic mass is 9.92. The van der Waals surface area contributed by atoms with E-state index in [2.05, 4.69) is 64.2 Å². The fourth-order valence-corrected chi connectivity index (χ4v) is 5.23. The maximum Gasteiger partial charge on any atom is 0.203 e. The minimum Gasteiger partial charge on any atom is -0.308 e. The SMILES string of the molecule is CCCc1nc2c(C)ccnc2n1Cc1ccc(C2(C#N)N=C(SC)C=C2I)cc1. The molecule has 1 aliphatic rings. The number of imidazole rings is 1. The Morgan fingerprint density at radius 2 is 2.00 bits per heavy atom. The highest BCUT2D eigenvalue weighted by atomic mass is 127. The van der Waals surface area contributed by atoms with Gasteiger partial charge in [0.05, 0.1) is 11.6 Å². The lowest BCUT2D eigenvalue weighted by Crippen LogP contribution is -2.19. The third kappa shape index (κ3) is 3.56. The van der Waals surface area contributed by atoms with Gasteiger partial charge in [-0.2, -0.15) is 5.26 Å². The Balaban J connectivity index is 1.69. The topological polar surface area (TPSA) is 66.9 Å². The number of benzene rings is 1. The second kappa shape index (κ2) is 8.52. The molecule has 152 valence electrons. The van der Waals surface area contributed by atoms with Crippen molar-refractivity contribution in [1.29, 1.82) is 5.26 Å². The Morgan fingerprint density at radius 3 is 2.63 bits per heavy atom. The molecule has 30 heavy (non-hydrogen) atoms. The van der Waals surface area contributed by atoms with Crippen LogP contribution < -0.4 is 0 Å². The number of nitriles is 1. The van der Waals surface area contributed by atoms with Crippen LogP contribution >= 0.6 is 34.4 Å². The van der Waals surface area contributed by atoms with Gasteiger partial charge in [-0.25, -0.2) is 15.0 Å². The Bertz CT molecular complexity index is 1200. The minimum absolute atomic E-state index is 0.703. The second-order valence-electron chi connectivity index (χ2n) is 7.33. The van der Waals surface area contributed by atoms with Crippen molar-refractivity contribution in [3.63, 3.8) is 0 Å². The molecule has 1 aliphatic heterocycles. The molecule has 0 N–H and O–H groups in total. The van der Waals surface area contributed by atoms with Crippen LogP contribution in [0.15, 0.2) is 51.2 Å².